The van der Waals surface area contributed by atoms with E-state index in [1.54, 1.807) is 18.2 Å². The van der Waals surface area contributed by atoms with Gasteiger partial charge in [-0.1, -0.05) is 0 Å². The number of nitrogens with one attached hydrogen (secondary N) is 1. The second kappa shape index (κ2) is 6.95. The van der Waals surface area contributed by atoms with Crippen LogP contribution in [0.5, 0.6) is 17.2 Å². The fraction of sp³-hybridized carbons (Fsp3) is 0.125. The minimum atomic E-state index is -2.87. The molecule has 1 N–H and O–H groups in total. The summed E-state index contributed by atoms with van der Waals surface area (Å²) in [5.74, 6) is 0.719. The highest BCUT2D eigenvalue weighted by Gasteiger charge is 2.15. The van der Waals surface area contributed by atoms with E-state index in [4.69, 9.17) is 9.47 Å². The van der Waals surface area contributed by atoms with E-state index >= 15 is 0 Å². The summed E-state index contributed by atoms with van der Waals surface area (Å²) >= 11 is 0. The van der Waals surface area contributed by atoms with Crippen LogP contribution < -0.4 is 19.6 Å². The molecule has 2 aromatic rings. The first-order valence-electron chi connectivity index (χ1n) is 6.90. The SMILES string of the molecule is O=C(NN=Cc1ccc(OC(F)F)cc1)c1ccc2c(c1)OCO2. The number of carbonyl (C=O) groups excluding carboxylic acids is 1. The molecule has 0 radical (unpaired) electrons. The molecule has 0 unspecified atom stereocenters. The molecule has 0 aromatic heterocycles. The van der Waals surface area contributed by atoms with E-state index in [9.17, 15) is 13.6 Å². The molecular formula is C16H12F2N2O4. The molecule has 124 valence electrons. The maximum absolute atomic E-state index is 12.0. The van der Waals surface area contributed by atoms with Crippen molar-refractivity contribution in [1.82, 2.24) is 5.43 Å². The van der Waals surface area contributed by atoms with Gasteiger partial charge in [-0.25, -0.2) is 5.43 Å². The van der Waals surface area contributed by atoms with Crippen LogP contribution in [-0.2, 0) is 0 Å². The predicted octanol–water partition coefficient (Wildman–Crippen LogP) is 2.78. The second-order valence-corrected chi connectivity index (χ2v) is 4.71. The number of fused-ring (bicyclic) bond motifs is 1. The Morgan fingerprint density at radius 2 is 1.92 bits per heavy atom. The number of nitrogens with zero attached hydrogens (tertiary/aromatic N) is 1. The molecule has 3 rings (SSSR count). The lowest BCUT2D eigenvalue weighted by atomic mass is 10.2. The lowest BCUT2D eigenvalue weighted by Gasteiger charge is -2.04. The molecule has 0 atom stereocenters. The van der Waals surface area contributed by atoms with E-state index in [-0.39, 0.29) is 12.5 Å². The van der Waals surface area contributed by atoms with E-state index in [2.05, 4.69) is 15.3 Å². The zero-order chi connectivity index (χ0) is 16.9. The Morgan fingerprint density at radius 1 is 1.17 bits per heavy atom. The van der Waals surface area contributed by atoms with Crippen molar-refractivity contribution in [2.45, 2.75) is 6.61 Å². The van der Waals surface area contributed by atoms with Crippen molar-refractivity contribution in [3.05, 3.63) is 53.6 Å². The van der Waals surface area contributed by atoms with Crippen molar-refractivity contribution >= 4 is 12.1 Å². The van der Waals surface area contributed by atoms with E-state index < -0.39 is 12.5 Å². The number of halogens is 2. The fourth-order valence-corrected chi connectivity index (χ4v) is 2.00. The van der Waals surface area contributed by atoms with Gasteiger partial charge in [0.2, 0.25) is 6.79 Å². The van der Waals surface area contributed by atoms with Gasteiger partial charge in [-0.2, -0.15) is 13.9 Å². The van der Waals surface area contributed by atoms with Gasteiger partial charge in [0.15, 0.2) is 11.5 Å². The van der Waals surface area contributed by atoms with Crippen LogP contribution in [0.1, 0.15) is 15.9 Å². The van der Waals surface area contributed by atoms with Crippen molar-refractivity contribution < 1.29 is 27.8 Å². The van der Waals surface area contributed by atoms with Gasteiger partial charge in [0, 0.05) is 5.56 Å². The smallest absolute Gasteiger partial charge is 0.387 e. The minimum Gasteiger partial charge on any atom is -0.454 e. The van der Waals surface area contributed by atoms with Gasteiger partial charge in [-0.15, -0.1) is 0 Å². The molecule has 0 aliphatic carbocycles. The molecule has 8 heteroatoms. The number of hydrogen-bond acceptors (Lipinski definition) is 5. The summed E-state index contributed by atoms with van der Waals surface area (Å²) in [6.07, 6.45) is 1.39. The quantitative estimate of drug-likeness (QED) is 0.674. The molecule has 0 spiro atoms. The molecule has 2 aromatic carbocycles. The van der Waals surface area contributed by atoms with Gasteiger partial charge in [0.05, 0.1) is 6.21 Å². The molecule has 0 fully saturated rings. The van der Waals surface area contributed by atoms with Crippen LogP contribution in [0.15, 0.2) is 47.6 Å². The van der Waals surface area contributed by atoms with Gasteiger partial charge in [0.25, 0.3) is 5.91 Å². The Morgan fingerprint density at radius 3 is 2.67 bits per heavy atom. The lowest BCUT2D eigenvalue weighted by molar-refractivity contribution is -0.0498. The average molecular weight is 334 g/mol. The molecule has 1 amide bonds. The molecular weight excluding hydrogens is 322 g/mol. The normalized spacial score (nSPS) is 12.6. The Bertz CT molecular complexity index is 763. The van der Waals surface area contributed by atoms with E-state index in [0.717, 1.165) is 0 Å². The largest absolute Gasteiger partial charge is 0.454 e. The molecule has 1 aliphatic heterocycles. The zero-order valence-corrected chi connectivity index (χ0v) is 12.2. The maximum atomic E-state index is 12.0. The van der Waals surface area contributed by atoms with Gasteiger partial charge in [-0.05, 0) is 48.0 Å². The number of rotatable bonds is 5. The highest BCUT2D eigenvalue weighted by Crippen LogP contribution is 2.32. The maximum Gasteiger partial charge on any atom is 0.387 e. The van der Waals surface area contributed by atoms with Crippen LogP contribution in [0.4, 0.5) is 8.78 Å². The van der Waals surface area contributed by atoms with Gasteiger partial charge < -0.3 is 14.2 Å². The summed E-state index contributed by atoms with van der Waals surface area (Å²) in [4.78, 5) is 12.0. The van der Waals surface area contributed by atoms with Crippen LogP contribution in [0.2, 0.25) is 0 Å². The summed E-state index contributed by atoms with van der Waals surface area (Å²) < 4.78 is 38.7. The van der Waals surface area contributed by atoms with Gasteiger partial charge in [-0.3, -0.25) is 4.79 Å². The molecule has 0 saturated carbocycles. The highest BCUT2D eigenvalue weighted by molar-refractivity contribution is 5.95. The number of hydrazone groups is 1. The minimum absolute atomic E-state index is 0.0477. The third kappa shape index (κ3) is 3.78. The first-order valence-corrected chi connectivity index (χ1v) is 6.90. The summed E-state index contributed by atoms with van der Waals surface area (Å²) in [6.45, 7) is -2.74. The van der Waals surface area contributed by atoms with Crippen LogP contribution in [-0.4, -0.2) is 25.5 Å². The molecule has 24 heavy (non-hydrogen) atoms. The standard InChI is InChI=1S/C16H12F2N2O4/c17-16(18)24-12-4-1-10(2-5-12)8-19-20-15(21)11-3-6-13-14(7-11)23-9-22-13/h1-8,16H,9H2,(H,20,21). The van der Waals surface area contributed by atoms with E-state index in [1.165, 1.54) is 30.5 Å². The number of hydrogen-bond donors (Lipinski definition) is 1. The van der Waals surface area contributed by atoms with Crippen molar-refractivity contribution in [2.24, 2.45) is 5.10 Å². The molecule has 6 nitrogen and oxygen atoms in total. The van der Waals surface area contributed by atoms with Crippen molar-refractivity contribution in [3.8, 4) is 17.2 Å². The lowest BCUT2D eigenvalue weighted by Crippen LogP contribution is -2.17. The Balaban J connectivity index is 1.58. The van der Waals surface area contributed by atoms with Gasteiger partial charge in [0.1, 0.15) is 5.75 Å². The third-order valence-electron chi connectivity index (χ3n) is 3.12. The molecule has 0 saturated heterocycles. The number of alkyl halides is 2. The van der Waals surface area contributed by atoms with Crippen molar-refractivity contribution in [3.63, 3.8) is 0 Å². The van der Waals surface area contributed by atoms with Crippen molar-refractivity contribution in [2.75, 3.05) is 6.79 Å². The molecule has 1 aliphatic rings. The summed E-state index contributed by atoms with van der Waals surface area (Å²) in [7, 11) is 0. The first kappa shape index (κ1) is 15.7. The molecule has 0 bridgehead atoms. The molecule has 1 heterocycles. The topological polar surface area (TPSA) is 69.2 Å². The highest BCUT2D eigenvalue weighted by atomic mass is 19.3. The van der Waals surface area contributed by atoms with Crippen LogP contribution in [0, 0.1) is 0 Å². The second-order valence-electron chi connectivity index (χ2n) is 4.71. The van der Waals surface area contributed by atoms with Gasteiger partial charge >= 0.3 is 6.61 Å². The van der Waals surface area contributed by atoms with Crippen LogP contribution in [0.25, 0.3) is 0 Å². The first-order chi connectivity index (χ1) is 11.6. The van der Waals surface area contributed by atoms with E-state index in [0.29, 0.717) is 22.6 Å². The van der Waals surface area contributed by atoms with Crippen LogP contribution in [0.3, 0.4) is 0 Å². The monoisotopic (exact) mass is 334 g/mol. The van der Waals surface area contributed by atoms with Crippen LogP contribution >= 0.6 is 0 Å². The summed E-state index contributed by atoms with van der Waals surface area (Å²) in [5.41, 5.74) is 3.35. The predicted molar refractivity (Wildman–Crippen MR) is 80.7 cm³/mol. The number of ether oxygens (including phenoxy) is 3. The Labute approximate surface area is 135 Å². The average Bonchev–Trinajstić information content (AvgIpc) is 3.03. The summed E-state index contributed by atoms with van der Waals surface area (Å²) in [6, 6.07) is 10.6. The summed E-state index contributed by atoms with van der Waals surface area (Å²) in [5, 5.41) is 3.82. The third-order valence-corrected chi connectivity index (χ3v) is 3.12. The Hall–Kier alpha value is -3.16. The zero-order valence-electron chi connectivity index (χ0n) is 12.2. The number of benzene rings is 2. The number of amides is 1. The fourth-order valence-electron chi connectivity index (χ4n) is 2.00. The Kier molecular flexibility index (Phi) is 4.55. The number of carbonyl (C=O) groups is 1. The van der Waals surface area contributed by atoms with E-state index in [1.807, 2.05) is 0 Å². The van der Waals surface area contributed by atoms with Crippen molar-refractivity contribution in [1.29, 1.82) is 0 Å².